The van der Waals surface area contributed by atoms with Crippen LogP contribution >= 0.6 is 0 Å². The summed E-state index contributed by atoms with van der Waals surface area (Å²) in [6.45, 7) is 4.95. The van der Waals surface area contributed by atoms with Crippen molar-refractivity contribution < 1.29 is 4.79 Å². The summed E-state index contributed by atoms with van der Waals surface area (Å²) in [7, 11) is 0. The lowest BCUT2D eigenvalue weighted by molar-refractivity contribution is 0.0937. The topological polar surface area (TPSA) is 41.1 Å². The molecule has 0 radical (unpaired) electrons. The lowest BCUT2D eigenvalue weighted by Gasteiger charge is -2.14. The van der Waals surface area contributed by atoms with Crippen molar-refractivity contribution in [2.24, 2.45) is 0 Å². The second kappa shape index (κ2) is 5.89. The number of aryl methyl sites for hydroxylation is 1. The number of amides is 1. The van der Waals surface area contributed by atoms with E-state index >= 15 is 0 Å². The number of hydrogen-bond donors (Lipinski definition) is 2. The van der Waals surface area contributed by atoms with E-state index in [1.807, 2.05) is 25.1 Å². The average Bonchev–Trinajstić information content (AvgIpc) is 2.82. The molecule has 1 amide bonds. The van der Waals surface area contributed by atoms with Gasteiger partial charge in [0.05, 0.1) is 0 Å². The summed E-state index contributed by atoms with van der Waals surface area (Å²) >= 11 is 0. The van der Waals surface area contributed by atoms with Gasteiger partial charge in [0.2, 0.25) is 0 Å². The van der Waals surface area contributed by atoms with Crippen molar-refractivity contribution in [2.75, 3.05) is 11.9 Å². The van der Waals surface area contributed by atoms with Gasteiger partial charge in [0.1, 0.15) is 0 Å². The summed E-state index contributed by atoms with van der Waals surface area (Å²) in [4.78, 5) is 12.2. The molecule has 18 heavy (non-hydrogen) atoms. The molecule has 0 heterocycles. The van der Waals surface area contributed by atoms with Crippen LogP contribution in [-0.4, -0.2) is 18.5 Å². The molecule has 0 spiro atoms. The Labute approximate surface area is 109 Å². The van der Waals surface area contributed by atoms with Crippen LogP contribution in [0.5, 0.6) is 0 Å². The normalized spacial score (nSPS) is 15.7. The lowest BCUT2D eigenvalue weighted by atomic mass is 10.1. The molecule has 1 fully saturated rings. The van der Waals surface area contributed by atoms with Gasteiger partial charge in [-0.2, -0.15) is 0 Å². The van der Waals surface area contributed by atoms with Crippen molar-refractivity contribution in [3.63, 3.8) is 0 Å². The molecule has 2 N–H and O–H groups in total. The minimum Gasteiger partial charge on any atom is -0.385 e. The monoisotopic (exact) mass is 246 g/mol. The van der Waals surface area contributed by atoms with Crippen molar-refractivity contribution >= 4 is 11.6 Å². The smallest absolute Gasteiger partial charge is 0.251 e. The number of nitrogens with one attached hydrogen (secondary N) is 2. The minimum atomic E-state index is 0.0717. The van der Waals surface area contributed by atoms with Crippen LogP contribution in [0.1, 0.15) is 48.5 Å². The van der Waals surface area contributed by atoms with Crippen LogP contribution in [0.3, 0.4) is 0 Å². The molecule has 0 aromatic heterocycles. The van der Waals surface area contributed by atoms with Crippen LogP contribution < -0.4 is 10.6 Å². The quantitative estimate of drug-likeness (QED) is 0.857. The summed E-state index contributed by atoms with van der Waals surface area (Å²) in [5, 5.41) is 6.38. The van der Waals surface area contributed by atoms with Gasteiger partial charge in [0.15, 0.2) is 0 Å². The summed E-state index contributed by atoms with van der Waals surface area (Å²) in [5.74, 6) is 0.0717. The second-order valence-corrected chi connectivity index (χ2v) is 5.01. The Balaban J connectivity index is 2.05. The van der Waals surface area contributed by atoms with Gasteiger partial charge in [0, 0.05) is 23.8 Å². The van der Waals surface area contributed by atoms with E-state index in [-0.39, 0.29) is 5.91 Å². The zero-order chi connectivity index (χ0) is 13.0. The summed E-state index contributed by atoms with van der Waals surface area (Å²) < 4.78 is 0. The first-order valence-electron chi connectivity index (χ1n) is 6.86. The molecule has 1 aromatic rings. The predicted molar refractivity (Wildman–Crippen MR) is 75.1 cm³/mol. The molecule has 0 bridgehead atoms. The van der Waals surface area contributed by atoms with E-state index in [4.69, 9.17) is 0 Å². The molecule has 0 atom stereocenters. The van der Waals surface area contributed by atoms with Gasteiger partial charge in [-0.15, -0.1) is 0 Å². The molecule has 1 saturated carbocycles. The molecular weight excluding hydrogens is 224 g/mol. The van der Waals surface area contributed by atoms with Gasteiger partial charge in [-0.25, -0.2) is 0 Å². The third-order valence-electron chi connectivity index (χ3n) is 3.54. The fourth-order valence-corrected chi connectivity index (χ4v) is 2.57. The van der Waals surface area contributed by atoms with E-state index < -0.39 is 0 Å². The molecule has 1 aromatic carbocycles. The van der Waals surface area contributed by atoms with Crippen LogP contribution in [0, 0.1) is 6.92 Å². The Morgan fingerprint density at radius 1 is 1.33 bits per heavy atom. The molecule has 98 valence electrons. The van der Waals surface area contributed by atoms with Crippen molar-refractivity contribution in [1.29, 1.82) is 0 Å². The van der Waals surface area contributed by atoms with Gasteiger partial charge < -0.3 is 10.6 Å². The Bertz CT molecular complexity index is 423. The molecule has 1 aliphatic carbocycles. The number of benzene rings is 1. The van der Waals surface area contributed by atoms with Crippen LogP contribution in [0.4, 0.5) is 5.69 Å². The van der Waals surface area contributed by atoms with E-state index in [9.17, 15) is 4.79 Å². The highest BCUT2D eigenvalue weighted by Crippen LogP contribution is 2.19. The molecule has 0 unspecified atom stereocenters. The summed E-state index contributed by atoms with van der Waals surface area (Å²) in [5.41, 5.74) is 2.90. The minimum absolute atomic E-state index is 0.0717. The molecular formula is C15H22N2O. The van der Waals surface area contributed by atoms with Gasteiger partial charge in [-0.05, 0) is 50.5 Å². The molecule has 2 rings (SSSR count). The standard InChI is InChI=1S/C15H22N2O/c1-3-16-13-8-9-14(11(2)10-13)15(18)17-12-6-4-5-7-12/h8-10,12,16H,3-7H2,1-2H3,(H,17,18). The Kier molecular flexibility index (Phi) is 4.24. The van der Waals surface area contributed by atoms with Gasteiger partial charge >= 0.3 is 0 Å². The maximum absolute atomic E-state index is 12.2. The number of hydrogen-bond acceptors (Lipinski definition) is 2. The molecule has 0 saturated heterocycles. The van der Waals surface area contributed by atoms with Gasteiger partial charge in [0.25, 0.3) is 5.91 Å². The summed E-state index contributed by atoms with van der Waals surface area (Å²) in [6.07, 6.45) is 4.73. The van der Waals surface area contributed by atoms with E-state index in [1.165, 1.54) is 12.8 Å². The maximum atomic E-state index is 12.2. The molecule has 1 aliphatic rings. The number of rotatable bonds is 4. The first kappa shape index (κ1) is 12.9. The average molecular weight is 246 g/mol. The zero-order valence-electron chi connectivity index (χ0n) is 11.3. The molecule has 3 heteroatoms. The van der Waals surface area contributed by atoms with Gasteiger partial charge in [-0.3, -0.25) is 4.79 Å². The highest BCUT2D eigenvalue weighted by Gasteiger charge is 2.18. The highest BCUT2D eigenvalue weighted by atomic mass is 16.1. The highest BCUT2D eigenvalue weighted by molar-refractivity contribution is 5.96. The number of carbonyl (C=O) groups excluding carboxylic acids is 1. The Hall–Kier alpha value is -1.51. The van der Waals surface area contributed by atoms with Crippen LogP contribution in [0.25, 0.3) is 0 Å². The summed E-state index contributed by atoms with van der Waals surface area (Å²) in [6, 6.07) is 6.30. The first-order valence-corrected chi connectivity index (χ1v) is 6.86. The Morgan fingerprint density at radius 2 is 2.06 bits per heavy atom. The van der Waals surface area contributed by atoms with E-state index in [2.05, 4.69) is 17.6 Å². The number of anilines is 1. The van der Waals surface area contributed by atoms with E-state index in [0.717, 1.165) is 36.2 Å². The van der Waals surface area contributed by atoms with Crippen LogP contribution in [-0.2, 0) is 0 Å². The SMILES string of the molecule is CCNc1ccc(C(=O)NC2CCCC2)c(C)c1. The Morgan fingerprint density at radius 3 is 2.67 bits per heavy atom. The first-order chi connectivity index (χ1) is 8.70. The lowest BCUT2D eigenvalue weighted by Crippen LogP contribution is -2.33. The largest absolute Gasteiger partial charge is 0.385 e. The van der Waals surface area contributed by atoms with Crippen LogP contribution in [0.15, 0.2) is 18.2 Å². The van der Waals surface area contributed by atoms with Crippen molar-refractivity contribution in [1.82, 2.24) is 5.32 Å². The van der Waals surface area contributed by atoms with Crippen LogP contribution in [0.2, 0.25) is 0 Å². The van der Waals surface area contributed by atoms with Gasteiger partial charge in [-0.1, -0.05) is 12.8 Å². The third kappa shape index (κ3) is 3.03. The third-order valence-corrected chi connectivity index (χ3v) is 3.54. The maximum Gasteiger partial charge on any atom is 0.251 e. The number of carbonyl (C=O) groups is 1. The zero-order valence-corrected chi connectivity index (χ0v) is 11.3. The molecule has 0 aliphatic heterocycles. The van der Waals surface area contributed by atoms with E-state index in [1.54, 1.807) is 0 Å². The fourth-order valence-electron chi connectivity index (χ4n) is 2.57. The predicted octanol–water partition coefficient (Wildman–Crippen LogP) is 3.10. The molecule has 3 nitrogen and oxygen atoms in total. The van der Waals surface area contributed by atoms with Crippen molar-refractivity contribution in [3.8, 4) is 0 Å². The van der Waals surface area contributed by atoms with E-state index in [0.29, 0.717) is 6.04 Å². The van der Waals surface area contributed by atoms with Crippen molar-refractivity contribution in [3.05, 3.63) is 29.3 Å². The second-order valence-electron chi connectivity index (χ2n) is 5.01. The fraction of sp³-hybridized carbons (Fsp3) is 0.533. The van der Waals surface area contributed by atoms with Crippen molar-refractivity contribution in [2.45, 2.75) is 45.6 Å².